The summed E-state index contributed by atoms with van der Waals surface area (Å²) < 4.78 is 25.8. The monoisotopic (exact) mass is 293 g/mol. The minimum atomic E-state index is -3.66. The van der Waals surface area contributed by atoms with E-state index in [-0.39, 0.29) is 18.2 Å². The average molecular weight is 293 g/mol. The zero-order valence-corrected chi connectivity index (χ0v) is 11.8. The van der Waals surface area contributed by atoms with Crippen LogP contribution >= 0.6 is 0 Å². The van der Waals surface area contributed by atoms with E-state index in [2.05, 4.69) is 9.97 Å². The summed E-state index contributed by atoms with van der Waals surface area (Å²) in [6.07, 6.45) is 2.96. The number of aromatic nitrogens is 2. The molecule has 0 bridgehead atoms. The van der Waals surface area contributed by atoms with Crippen LogP contribution in [0.15, 0.2) is 47.8 Å². The summed E-state index contributed by atoms with van der Waals surface area (Å²) in [5, 5.41) is 8.88. The van der Waals surface area contributed by atoms with Crippen molar-refractivity contribution >= 4 is 10.0 Å². The molecule has 20 heavy (non-hydrogen) atoms. The Balaban J connectivity index is 2.20. The number of pyridine rings is 2. The lowest BCUT2D eigenvalue weighted by molar-refractivity contribution is 0.281. The van der Waals surface area contributed by atoms with E-state index >= 15 is 0 Å². The molecule has 0 aliphatic carbocycles. The predicted molar refractivity (Wildman–Crippen MR) is 73.0 cm³/mol. The summed E-state index contributed by atoms with van der Waals surface area (Å²) in [7, 11) is -2.18. The molecule has 0 aromatic carbocycles. The van der Waals surface area contributed by atoms with E-state index in [1.807, 2.05) is 0 Å². The molecule has 0 saturated heterocycles. The molecular formula is C13H15N3O3S. The van der Waals surface area contributed by atoms with Crippen molar-refractivity contribution in [3.05, 3.63) is 54.0 Å². The standard InChI is InChI=1S/C13H15N3O3S/c1-16(9-12-4-2-3-7-14-12)20(18,19)13-6-5-11(10-17)8-15-13/h2-8,17H,9-10H2,1H3. The van der Waals surface area contributed by atoms with E-state index in [9.17, 15) is 8.42 Å². The van der Waals surface area contributed by atoms with Crippen molar-refractivity contribution in [3.8, 4) is 0 Å². The Morgan fingerprint density at radius 3 is 2.55 bits per heavy atom. The Morgan fingerprint density at radius 2 is 2.00 bits per heavy atom. The number of aliphatic hydroxyl groups is 1. The van der Waals surface area contributed by atoms with Crippen molar-refractivity contribution in [2.24, 2.45) is 0 Å². The van der Waals surface area contributed by atoms with Gasteiger partial charge in [-0.15, -0.1) is 0 Å². The molecule has 0 saturated carbocycles. The smallest absolute Gasteiger partial charge is 0.260 e. The molecule has 0 unspecified atom stereocenters. The number of rotatable bonds is 5. The van der Waals surface area contributed by atoms with Gasteiger partial charge >= 0.3 is 0 Å². The van der Waals surface area contributed by atoms with Crippen molar-refractivity contribution in [2.75, 3.05) is 7.05 Å². The number of aliphatic hydroxyl groups excluding tert-OH is 1. The highest BCUT2D eigenvalue weighted by molar-refractivity contribution is 7.89. The van der Waals surface area contributed by atoms with Gasteiger partial charge in [-0.05, 0) is 23.8 Å². The molecule has 2 aromatic heterocycles. The van der Waals surface area contributed by atoms with Crippen LogP contribution in [0.1, 0.15) is 11.3 Å². The Bertz CT molecular complexity index is 657. The maximum Gasteiger partial charge on any atom is 0.260 e. The Kier molecular flexibility index (Phi) is 4.43. The normalized spacial score (nSPS) is 11.8. The van der Waals surface area contributed by atoms with Crippen LogP contribution in [0.25, 0.3) is 0 Å². The zero-order chi connectivity index (χ0) is 14.6. The molecule has 0 spiro atoms. The van der Waals surface area contributed by atoms with Gasteiger partial charge in [0.15, 0.2) is 5.03 Å². The van der Waals surface area contributed by atoms with E-state index in [4.69, 9.17) is 5.11 Å². The maximum atomic E-state index is 12.3. The number of hydrogen-bond acceptors (Lipinski definition) is 5. The number of hydrogen-bond donors (Lipinski definition) is 1. The van der Waals surface area contributed by atoms with Crippen molar-refractivity contribution in [1.29, 1.82) is 0 Å². The molecule has 2 rings (SSSR count). The molecule has 0 amide bonds. The SMILES string of the molecule is CN(Cc1ccccn1)S(=O)(=O)c1ccc(CO)cn1. The summed E-state index contributed by atoms with van der Waals surface area (Å²) in [5.41, 5.74) is 1.22. The first-order valence-electron chi connectivity index (χ1n) is 5.96. The maximum absolute atomic E-state index is 12.3. The molecule has 0 aliphatic heterocycles. The van der Waals surface area contributed by atoms with Gasteiger partial charge in [-0.2, -0.15) is 4.31 Å². The van der Waals surface area contributed by atoms with Crippen LogP contribution in [-0.4, -0.2) is 34.8 Å². The molecule has 7 heteroatoms. The second kappa shape index (κ2) is 6.08. The van der Waals surface area contributed by atoms with Gasteiger partial charge in [0.25, 0.3) is 10.0 Å². The summed E-state index contributed by atoms with van der Waals surface area (Å²) >= 11 is 0. The van der Waals surface area contributed by atoms with E-state index in [1.54, 1.807) is 24.4 Å². The number of sulfonamides is 1. The van der Waals surface area contributed by atoms with E-state index in [0.29, 0.717) is 11.3 Å². The quantitative estimate of drug-likeness (QED) is 0.881. The molecular weight excluding hydrogens is 278 g/mol. The molecule has 2 aromatic rings. The van der Waals surface area contributed by atoms with Crippen molar-refractivity contribution in [2.45, 2.75) is 18.2 Å². The van der Waals surface area contributed by atoms with Gasteiger partial charge < -0.3 is 5.11 Å². The van der Waals surface area contributed by atoms with Crippen molar-refractivity contribution in [3.63, 3.8) is 0 Å². The Hall–Kier alpha value is -1.83. The van der Waals surface area contributed by atoms with Gasteiger partial charge in [0.2, 0.25) is 0 Å². The minimum absolute atomic E-state index is 0.0480. The highest BCUT2D eigenvalue weighted by atomic mass is 32.2. The lowest BCUT2D eigenvalue weighted by atomic mass is 10.3. The molecule has 0 radical (unpaired) electrons. The van der Waals surface area contributed by atoms with Gasteiger partial charge in [0.05, 0.1) is 18.8 Å². The first-order valence-corrected chi connectivity index (χ1v) is 7.40. The second-order valence-corrected chi connectivity index (χ2v) is 6.24. The van der Waals surface area contributed by atoms with E-state index < -0.39 is 10.0 Å². The van der Waals surface area contributed by atoms with Crippen molar-refractivity contribution < 1.29 is 13.5 Å². The molecule has 0 aliphatic rings. The summed E-state index contributed by atoms with van der Waals surface area (Å²) in [4.78, 5) is 7.97. The molecule has 0 fully saturated rings. The highest BCUT2D eigenvalue weighted by Gasteiger charge is 2.22. The lowest BCUT2D eigenvalue weighted by Crippen LogP contribution is -2.27. The fourth-order valence-corrected chi connectivity index (χ4v) is 2.67. The lowest BCUT2D eigenvalue weighted by Gasteiger charge is -2.16. The Morgan fingerprint density at radius 1 is 1.20 bits per heavy atom. The molecule has 1 N–H and O–H groups in total. The van der Waals surface area contributed by atoms with Gasteiger partial charge in [-0.1, -0.05) is 12.1 Å². The van der Waals surface area contributed by atoms with E-state index in [1.165, 1.54) is 29.7 Å². The fraction of sp³-hybridized carbons (Fsp3) is 0.231. The van der Waals surface area contributed by atoms with Crippen molar-refractivity contribution in [1.82, 2.24) is 14.3 Å². The van der Waals surface area contributed by atoms with Gasteiger partial charge in [-0.25, -0.2) is 13.4 Å². The molecule has 6 nitrogen and oxygen atoms in total. The van der Waals surface area contributed by atoms with Crippen LogP contribution in [0, 0.1) is 0 Å². The fourth-order valence-electron chi connectivity index (χ4n) is 1.62. The zero-order valence-electron chi connectivity index (χ0n) is 11.0. The van der Waals surface area contributed by atoms with Gasteiger partial charge in [0, 0.05) is 19.4 Å². The third-order valence-corrected chi connectivity index (χ3v) is 4.49. The molecule has 0 atom stereocenters. The van der Waals surface area contributed by atoms with Crippen LogP contribution in [0.4, 0.5) is 0 Å². The van der Waals surface area contributed by atoms with Crippen LogP contribution in [0.5, 0.6) is 0 Å². The minimum Gasteiger partial charge on any atom is -0.392 e. The van der Waals surface area contributed by atoms with Crippen LogP contribution in [-0.2, 0) is 23.2 Å². The predicted octanol–water partition coefficient (Wildman–Crippen LogP) is 0.790. The van der Waals surface area contributed by atoms with E-state index in [0.717, 1.165) is 0 Å². The summed E-state index contributed by atoms with van der Waals surface area (Å²) in [6.45, 7) is 0.00368. The second-order valence-electron chi connectivity index (χ2n) is 4.24. The molecule has 106 valence electrons. The van der Waals surface area contributed by atoms with Gasteiger partial charge in [-0.3, -0.25) is 4.98 Å². The highest BCUT2D eigenvalue weighted by Crippen LogP contribution is 2.14. The van der Waals surface area contributed by atoms with Crippen LogP contribution in [0.2, 0.25) is 0 Å². The summed E-state index contributed by atoms with van der Waals surface area (Å²) in [6, 6.07) is 8.25. The average Bonchev–Trinajstić information content (AvgIpc) is 2.48. The Labute approximate surface area is 117 Å². The first kappa shape index (κ1) is 14.6. The molecule has 2 heterocycles. The van der Waals surface area contributed by atoms with Crippen LogP contribution in [0.3, 0.4) is 0 Å². The third-order valence-electron chi connectivity index (χ3n) is 2.77. The first-order chi connectivity index (χ1) is 9.54. The third kappa shape index (κ3) is 3.19. The van der Waals surface area contributed by atoms with Crippen LogP contribution < -0.4 is 0 Å². The van der Waals surface area contributed by atoms with Gasteiger partial charge in [0.1, 0.15) is 0 Å². The largest absolute Gasteiger partial charge is 0.392 e. The summed E-state index contributed by atoms with van der Waals surface area (Å²) in [5.74, 6) is 0. The topological polar surface area (TPSA) is 83.4 Å². The number of nitrogens with zero attached hydrogens (tertiary/aromatic N) is 3.